The number of nitrogens with two attached hydrogens (primary N) is 1. The van der Waals surface area contributed by atoms with E-state index in [9.17, 15) is 0 Å². The van der Waals surface area contributed by atoms with E-state index in [0.717, 1.165) is 31.7 Å². The number of rotatable bonds is 10. The molecule has 6 nitrogen and oxygen atoms in total. The van der Waals surface area contributed by atoms with Crippen LogP contribution in [-0.4, -0.2) is 56.2 Å². The topological polar surface area (TPSA) is 84.5 Å². The Balaban J connectivity index is 2.69. The fourth-order valence-electron chi connectivity index (χ4n) is 1.97. The zero-order valence-electron chi connectivity index (χ0n) is 12.3. The highest BCUT2D eigenvalue weighted by Gasteiger charge is 2.11. The van der Waals surface area contributed by atoms with Crippen LogP contribution in [-0.2, 0) is 16.0 Å². The summed E-state index contributed by atoms with van der Waals surface area (Å²) in [5, 5.41) is 7.58. The summed E-state index contributed by atoms with van der Waals surface area (Å²) in [5.74, 6) is 0.00387. The number of ether oxygens (including phenoxy) is 2. The third-order valence-corrected chi connectivity index (χ3v) is 2.97. The van der Waals surface area contributed by atoms with E-state index in [1.807, 2.05) is 12.1 Å². The first kappa shape index (κ1) is 16.6. The minimum atomic E-state index is 0.00387. The van der Waals surface area contributed by atoms with E-state index in [2.05, 4.69) is 9.88 Å². The molecule has 1 rings (SSSR count). The molecule has 0 spiro atoms. The van der Waals surface area contributed by atoms with Crippen molar-refractivity contribution in [2.75, 3.05) is 40.5 Å². The monoisotopic (exact) mass is 280 g/mol. The first-order valence-electron chi connectivity index (χ1n) is 6.67. The van der Waals surface area contributed by atoms with Gasteiger partial charge < -0.3 is 15.2 Å². The van der Waals surface area contributed by atoms with Crippen molar-refractivity contribution in [3.05, 3.63) is 29.6 Å². The van der Waals surface area contributed by atoms with Crippen LogP contribution in [0.5, 0.6) is 0 Å². The maximum absolute atomic E-state index is 7.58. The average molecular weight is 280 g/mol. The summed E-state index contributed by atoms with van der Waals surface area (Å²) in [6.45, 7) is 3.84. The Bertz CT molecular complexity index is 412. The number of nitrogen functional groups attached to an aromatic ring is 1. The lowest BCUT2D eigenvalue weighted by Gasteiger charge is -2.22. The van der Waals surface area contributed by atoms with Crippen molar-refractivity contribution in [2.45, 2.75) is 13.0 Å². The molecular formula is C14H24N4O2. The molecule has 0 aliphatic carbocycles. The van der Waals surface area contributed by atoms with E-state index in [4.69, 9.17) is 20.6 Å². The largest absolute Gasteiger partial charge is 0.385 e. The molecule has 0 aliphatic rings. The molecule has 0 bridgehead atoms. The lowest BCUT2D eigenvalue weighted by Crippen LogP contribution is -2.30. The Morgan fingerprint density at radius 1 is 1.30 bits per heavy atom. The molecule has 112 valence electrons. The van der Waals surface area contributed by atoms with Gasteiger partial charge >= 0.3 is 0 Å². The first-order chi connectivity index (χ1) is 9.69. The lowest BCUT2D eigenvalue weighted by molar-refractivity contribution is 0.129. The second-order valence-corrected chi connectivity index (χ2v) is 4.54. The highest BCUT2D eigenvalue weighted by Crippen LogP contribution is 2.09. The van der Waals surface area contributed by atoms with Crippen LogP contribution in [0.4, 0.5) is 0 Å². The molecule has 1 aromatic rings. The van der Waals surface area contributed by atoms with E-state index < -0.39 is 0 Å². The zero-order valence-corrected chi connectivity index (χ0v) is 12.3. The van der Waals surface area contributed by atoms with Crippen LogP contribution in [0.25, 0.3) is 0 Å². The third kappa shape index (κ3) is 5.64. The molecule has 0 aromatic carbocycles. The maximum atomic E-state index is 7.58. The second kappa shape index (κ2) is 9.41. The van der Waals surface area contributed by atoms with Crippen molar-refractivity contribution in [1.82, 2.24) is 9.88 Å². The molecule has 0 aliphatic heterocycles. The van der Waals surface area contributed by atoms with Crippen LogP contribution >= 0.6 is 0 Å². The Kier molecular flexibility index (Phi) is 7.79. The van der Waals surface area contributed by atoms with E-state index in [1.165, 1.54) is 0 Å². The molecule has 0 atom stereocenters. The molecule has 0 fully saturated rings. The lowest BCUT2D eigenvalue weighted by atomic mass is 10.1. The molecule has 3 N–H and O–H groups in total. The molecule has 0 unspecified atom stereocenters. The van der Waals surface area contributed by atoms with Crippen LogP contribution in [0.1, 0.15) is 17.7 Å². The summed E-state index contributed by atoms with van der Waals surface area (Å²) in [7, 11) is 3.40. The van der Waals surface area contributed by atoms with Gasteiger partial charge in [0.15, 0.2) is 0 Å². The summed E-state index contributed by atoms with van der Waals surface area (Å²) in [6, 6.07) is 3.82. The number of nitrogens with zero attached hydrogens (tertiary/aromatic N) is 2. The van der Waals surface area contributed by atoms with Gasteiger partial charge in [-0.05, 0) is 18.1 Å². The SMILES string of the molecule is COCCCN(CCOC)Cc1cccnc1C(=N)N. The first-order valence-corrected chi connectivity index (χ1v) is 6.67. The number of methoxy groups -OCH3 is 2. The van der Waals surface area contributed by atoms with Crippen LogP contribution < -0.4 is 5.73 Å². The number of aromatic nitrogens is 1. The summed E-state index contributed by atoms with van der Waals surface area (Å²) < 4.78 is 10.2. The Hall–Kier alpha value is -1.50. The van der Waals surface area contributed by atoms with Gasteiger partial charge in [0.25, 0.3) is 0 Å². The Morgan fingerprint density at radius 3 is 2.70 bits per heavy atom. The average Bonchev–Trinajstić information content (AvgIpc) is 2.45. The summed E-state index contributed by atoms with van der Waals surface area (Å²) in [4.78, 5) is 6.43. The van der Waals surface area contributed by atoms with Crippen molar-refractivity contribution < 1.29 is 9.47 Å². The van der Waals surface area contributed by atoms with Crippen molar-refractivity contribution in [1.29, 1.82) is 5.41 Å². The van der Waals surface area contributed by atoms with Gasteiger partial charge in [-0.3, -0.25) is 15.3 Å². The van der Waals surface area contributed by atoms with Crippen LogP contribution in [0, 0.1) is 5.41 Å². The Morgan fingerprint density at radius 2 is 2.05 bits per heavy atom. The smallest absolute Gasteiger partial charge is 0.142 e. The van der Waals surface area contributed by atoms with Gasteiger partial charge in [0.2, 0.25) is 0 Å². The van der Waals surface area contributed by atoms with Crippen molar-refractivity contribution in [3.8, 4) is 0 Å². The number of hydrogen-bond acceptors (Lipinski definition) is 5. The van der Waals surface area contributed by atoms with Crippen molar-refractivity contribution in [2.24, 2.45) is 5.73 Å². The van der Waals surface area contributed by atoms with Gasteiger partial charge in [0.1, 0.15) is 11.5 Å². The second-order valence-electron chi connectivity index (χ2n) is 4.54. The zero-order chi connectivity index (χ0) is 14.8. The molecule has 6 heteroatoms. The van der Waals surface area contributed by atoms with E-state index >= 15 is 0 Å². The molecule has 1 aromatic heterocycles. The molecule has 0 amide bonds. The maximum Gasteiger partial charge on any atom is 0.142 e. The fourth-order valence-corrected chi connectivity index (χ4v) is 1.97. The number of pyridine rings is 1. The van der Waals surface area contributed by atoms with E-state index in [-0.39, 0.29) is 5.84 Å². The molecule has 0 saturated carbocycles. The van der Waals surface area contributed by atoms with Gasteiger partial charge in [-0.2, -0.15) is 0 Å². The molecule has 0 radical (unpaired) electrons. The quantitative estimate of drug-likeness (QED) is 0.377. The van der Waals surface area contributed by atoms with Crippen molar-refractivity contribution >= 4 is 5.84 Å². The third-order valence-electron chi connectivity index (χ3n) is 2.97. The predicted molar refractivity (Wildman–Crippen MR) is 78.9 cm³/mol. The summed E-state index contributed by atoms with van der Waals surface area (Å²) in [6.07, 6.45) is 2.61. The number of nitrogens with one attached hydrogen (secondary N) is 1. The van der Waals surface area contributed by atoms with Crippen LogP contribution in [0.3, 0.4) is 0 Å². The molecule has 20 heavy (non-hydrogen) atoms. The van der Waals surface area contributed by atoms with Gasteiger partial charge in [0, 0.05) is 46.7 Å². The van der Waals surface area contributed by atoms with Crippen LogP contribution in [0.15, 0.2) is 18.3 Å². The van der Waals surface area contributed by atoms with E-state index in [1.54, 1.807) is 20.4 Å². The van der Waals surface area contributed by atoms with Gasteiger partial charge in [0.05, 0.1) is 6.61 Å². The summed E-state index contributed by atoms with van der Waals surface area (Å²) >= 11 is 0. The van der Waals surface area contributed by atoms with Gasteiger partial charge in [-0.15, -0.1) is 0 Å². The standard InChI is InChI=1S/C14H24N4O2/c1-19-9-4-7-18(8-10-20-2)11-12-5-3-6-17-13(12)14(15)16/h3,5-6H,4,7-11H2,1-2H3,(H3,15,16). The molecular weight excluding hydrogens is 256 g/mol. The number of amidine groups is 1. The highest BCUT2D eigenvalue weighted by molar-refractivity contribution is 5.94. The highest BCUT2D eigenvalue weighted by atomic mass is 16.5. The van der Waals surface area contributed by atoms with Gasteiger partial charge in [-0.25, -0.2) is 0 Å². The normalized spacial score (nSPS) is 10.9. The van der Waals surface area contributed by atoms with E-state index in [0.29, 0.717) is 18.8 Å². The predicted octanol–water partition coefficient (Wildman–Crippen LogP) is 0.851. The molecule has 0 saturated heterocycles. The van der Waals surface area contributed by atoms with Gasteiger partial charge in [-0.1, -0.05) is 6.07 Å². The molecule has 1 heterocycles. The van der Waals surface area contributed by atoms with Crippen molar-refractivity contribution in [3.63, 3.8) is 0 Å². The number of hydrogen-bond donors (Lipinski definition) is 2. The minimum Gasteiger partial charge on any atom is -0.385 e. The fraction of sp³-hybridized carbons (Fsp3) is 0.571. The Labute approximate surface area is 120 Å². The summed E-state index contributed by atoms with van der Waals surface area (Å²) in [5.41, 5.74) is 7.09. The minimum absolute atomic E-state index is 0.00387. The van der Waals surface area contributed by atoms with Crippen LogP contribution in [0.2, 0.25) is 0 Å².